The van der Waals surface area contributed by atoms with Crippen LogP contribution in [0.5, 0.6) is 0 Å². The Bertz CT molecular complexity index is 1080. The van der Waals surface area contributed by atoms with E-state index in [4.69, 9.17) is 4.52 Å². The van der Waals surface area contributed by atoms with Gasteiger partial charge in [0.05, 0.1) is 11.4 Å². The molecule has 3 heterocycles. The van der Waals surface area contributed by atoms with E-state index in [9.17, 15) is 4.79 Å². The summed E-state index contributed by atoms with van der Waals surface area (Å²) >= 11 is 1.76. The Morgan fingerprint density at radius 2 is 1.72 bits per heavy atom. The van der Waals surface area contributed by atoms with Gasteiger partial charge in [-0.1, -0.05) is 53.7 Å². The third kappa shape index (κ3) is 7.01. The van der Waals surface area contributed by atoms with Crippen LogP contribution in [0.4, 0.5) is 0 Å². The van der Waals surface area contributed by atoms with Gasteiger partial charge in [0.15, 0.2) is 0 Å². The molecule has 2 aromatic carbocycles. The highest BCUT2D eigenvalue weighted by Crippen LogP contribution is 2.29. The van der Waals surface area contributed by atoms with Crippen LogP contribution in [0.25, 0.3) is 0 Å². The van der Waals surface area contributed by atoms with Crippen LogP contribution < -0.4 is 5.32 Å². The van der Waals surface area contributed by atoms with Crippen molar-refractivity contribution in [2.45, 2.75) is 49.2 Å². The van der Waals surface area contributed by atoms with Crippen molar-refractivity contribution in [2.75, 3.05) is 26.2 Å². The minimum absolute atomic E-state index is 0.338. The Morgan fingerprint density at radius 1 is 0.972 bits per heavy atom. The Labute approximate surface area is 219 Å². The van der Waals surface area contributed by atoms with Crippen molar-refractivity contribution in [3.05, 3.63) is 83.7 Å². The zero-order valence-corrected chi connectivity index (χ0v) is 21.8. The zero-order chi connectivity index (χ0) is 24.6. The number of likely N-dealkylation sites (tertiary alicyclic amines) is 1. The van der Waals surface area contributed by atoms with Gasteiger partial charge in [-0.05, 0) is 80.6 Å². The van der Waals surface area contributed by atoms with Gasteiger partial charge < -0.3 is 14.7 Å². The lowest BCUT2D eigenvalue weighted by atomic mass is 9.80. The van der Waals surface area contributed by atoms with Gasteiger partial charge in [-0.25, -0.2) is 0 Å². The number of benzene rings is 2. The van der Waals surface area contributed by atoms with Crippen LogP contribution in [-0.2, 0) is 23.4 Å². The summed E-state index contributed by atoms with van der Waals surface area (Å²) < 4.78 is 5.63. The van der Waals surface area contributed by atoms with Crippen LogP contribution in [0.2, 0.25) is 0 Å². The first-order valence-corrected chi connectivity index (χ1v) is 14.4. The Hall–Kier alpha value is -2.57. The summed E-state index contributed by atoms with van der Waals surface area (Å²) in [7, 11) is 0. The number of carbonyl (C=O) groups excluding carboxylic acids is 1. The van der Waals surface area contributed by atoms with E-state index < -0.39 is 0 Å². The van der Waals surface area contributed by atoms with E-state index in [0.717, 1.165) is 75.5 Å². The van der Waals surface area contributed by atoms with Gasteiger partial charge in [-0.2, -0.15) is 0 Å². The van der Waals surface area contributed by atoms with Gasteiger partial charge in [0.1, 0.15) is 5.76 Å². The summed E-state index contributed by atoms with van der Waals surface area (Å²) in [5, 5.41) is 7.89. The highest BCUT2D eigenvalue weighted by Gasteiger charge is 2.31. The number of nitrogens with one attached hydrogen (secondary N) is 1. The molecule has 190 valence electrons. The molecule has 1 amide bonds. The number of aromatic nitrogens is 1. The Morgan fingerprint density at radius 3 is 2.50 bits per heavy atom. The molecular formula is C30H37N3O2S. The fourth-order valence-corrected chi connectivity index (χ4v) is 6.43. The van der Waals surface area contributed by atoms with Crippen LogP contribution in [0.1, 0.15) is 42.7 Å². The predicted molar refractivity (Wildman–Crippen MR) is 145 cm³/mol. The first-order chi connectivity index (χ1) is 17.7. The molecule has 2 unspecified atom stereocenters. The molecule has 0 bridgehead atoms. The lowest BCUT2D eigenvalue weighted by Crippen LogP contribution is -2.43. The fourth-order valence-electron chi connectivity index (χ4n) is 5.63. The van der Waals surface area contributed by atoms with E-state index in [1.165, 1.54) is 10.5 Å². The maximum Gasteiger partial charge on any atom is 0.222 e. The van der Waals surface area contributed by atoms with Crippen molar-refractivity contribution in [3.63, 3.8) is 0 Å². The number of nitrogens with zero attached hydrogens (tertiary/aromatic N) is 2. The van der Waals surface area contributed by atoms with Crippen molar-refractivity contribution in [2.24, 2.45) is 17.8 Å². The smallest absolute Gasteiger partial charge is 0.222 e. The second-order valence-electron chi connectivity index (χ2n) is 10.3. The summed E-state index contributed by atoms with van der Waals surface area (Å²) in [4.78, 5) is 16.6. The van der Waals surface area contributed by atoms with Gasteiger partial charge in [-0.15, -0.1) is 11.8 Å². The van der Waals surface area contributed by atoms with Crippen LogP contribution in [-0.4, -0.2) is 42.1 Å². The molecule has 0 radical (unpaired) electrons. The van der Waals surface area contributed by atoms with Crippen molar-refractivity contribution >= 4 is 17.7 Å². The largest absolute Gasteiger partial charge is 0.360 e. The van der Waals surface area contributed by atoms with E-state index in [-0.39, 0.29) is 0 Å². The number of rotatable bonds is 9. The number of carbonyl (C=O) groups is 1. The molecule has 5 nitrogen and oxygen atoms in total. The molecule has 2 saturated heterocycles. The lowest BCUT2D eigenvalue weighted by molar-refractivity contribution is -0.134. The van der Waals surface area contributed by atoms with Gasteiger partial charge in [0.25, 0.3) is 0 Å². The molecule has 3 aromatic rings. The standard InChI is InChI=1S/C30H37N3O2S/c34-30(33-15-12-24(13-16-33)17-23-7-3-1-4-8-23)19-25-11-14-31-21-26(25)18-27-20-28(35-32-27)22-36-29-9-5-2-6-10-29/h1-10,20,24-26,31H,11-19,21-22H2. The van der Waals surface area contributed by atoms with Crippen LogP contribution in [0.3, 0.4) is 0 Å². The Balaban J connectivity index is 1.09. The first kappa shape index (κ1) is 25.1. The maximum atomic E-state index is 13.2. The van der Waals surface area contributed by atoms with Crippen LogP contribution >= 0.6 is 11.8 Å². The molecule has 1 N–H and O–H groups in total. The highest BCUT2D eigenvalue weighted by molar-refractivity contribution is 7.98. The average Bonchev–Trinajstić information content (AvgIpc) is 3.37. The number of piperidine rings is 2. The predicted octanol–water partition coefficient (Wildman–Crippen LogP) is 5.61. The highest BCUT2D eigenvalue weighted by atomic mass is 32.2. The quantitative estimate of drug-likeness (QED) is 0.385. The minimum atomic E-state index is 0.338. The van der Waals surface area contributed by atoms with Crippen molar-refractivity contribution < 1.29 is 9.32 Å². The molecule has 6 heteroatoms. The molecule has 2 aliphatic rings. The third-order valence-corrected chi connectivity index (χ3v) is 8.77. The normalized spacial score (nSPS) is 20.9. The molecule has 2 fully saturated rings. The molecule has 2 atom stereocenters. The van der Waals surface area contributed by atoms with Gasteiger partial charge >= 0.3 is 0 Å². The first-order valence-electron chi connectivity index (χ1n) is 13.4. The Kier molecular flexibility index (Phi) is 8.78. The molecule has 0 spiro atoms. The number of amides is 1. The summed E-state index contributed by atoms with van der Waals surface area (Å²) in [6.07, 6.45) is 5.92. The van der Waals surface area contributed by atoms with Crippen LogP contribution in [0, 0.1) is 17.8 Å². The number of hydrogen-bond acceptors (Lipinski definition) is 5. The zero-order valence-electron chi connectivity index (χ0n) is 21.0. The monoisotopic (exact) mass is 503 g/mol. The maximum absolute atomic E-state index is 13.2. The van der Waals surface area contributed by atoms with E-state index in [1.807, 2.05) is 6.07 Å². The lowest BCUT2D eigenvalue weighted by Gasteiger charge is -2.36. The molecule has 1 aromatic heterocycles. The van der Waals surface area contributed by atoms with E-state index in [0.29, 0.717) is 30.1 Å². The van der Waals surface area contributed by atoms with E-state index >= 15 is 0 Å². The summed E-state index contributed by atoms with van der Waals surface area (Å²) in [5.41, 5.74) is 2.42. The summed E-state index contributed by atoms with van der Waals surface area (Å²) in [6, 6.07) is 23.2. The topological polar surface area (TPSA) is 58.4 Å². The number of thioether (sulfide) groups is 1. The van der Waals surface area contributed by atoms with Crippen molar-refractivity contribution in [3.8, 4) is 0 Å². The second kappa shape index (κ2) is 12.6. The minimum Gasteiger partial charge on any atom is -0.360 e. The molecule has 5 rings (SSSR count). The van der Waals surface area contributed by atoms with Crippen molar-refractivity contribution in [1.29, 1.82) is 0 Å². The average molecular weight is 504 g/mol. The number of hydrogen-bond donors (Lipinski definition) is 1. The summed E-state index contributed by atoms with van der Waals surface area (Å²) in [5.74, 6) is 3.53. The van der Waals surface area contributed by atoms with E-state index in [1.54, 1.807) is 11.8 Å². The van der Waals surface area contributed by atoms with Gasteiger partial charge in [-0.3, -0.25) is 4.79 Å². The molecule has 0 saturated carbocycles. The molecule has 36 heavy (non-hydrogen) atoms. The molecular weight excluding hydrogens is 466 g/mol. The van der Waals surface area contributed by atoms with Crippen molar-refractivity contribution in [1.82, 2.24) is 15.4 Å². The summed E-state index contributed by atoms with van der Waals surface area (Å²) in [6.45, 7) is 3.73. The van der Waals surface area contributed by atoms with Crippen LogP contribution in [0.15, 0.2) is 76.1 Å². The molecule has 2 aliphatic heterocycles. The van der Waals surface area contributed by atoms with Gasteiger partial charge in [0.2, 0.25) is 5.91 Å². The third-order valence-electron chi connectivity index (χ3n) is 7.74. The van der Waals surface area contributed by atoms with Gasteiger partial charge in [0, 0.05) is 30.5 Å². The fraction of sp³-hybridized carbons (Fsp3) is 0.467. The second-order valence-corrected chi connectivity index (χ2v) is 11.4. The SMILES string of the molecule is O=C(CC1CCNCC1Cc1cc(CSc2ccccc2)on1)N1CCC(Cc2ccccc2)CC1. The molecule has 0 aliphatic carbocycles. The van der Waals surface area contributed by atoms with E-state index in [2.05, 4.69) is 76.0 Å².